The van der Waals surface area contributed by atoms with E-state index in [4.69, 9.17) is 10.5 Å². The van der Waals surface area contributed by atoms with Crippen molar-refractivity contribution in [1.29, 1.82) is 0 Å². The van der Waals surface area contributed by atoms with Crippen LogP contribution in [-0.2, 0) is 14.3 Å². The number of aliphatic hydroxyl groups is 1. The van der Waals surface area contributed by atoms with Crippen LogP contribution in [-0.4, -0.2) is 42.3 Å². The summed E-state index contributed by atoms with van der Waals surface area (Å²) in [7, 11) is 0. The highest BCUT2D eigenvalue weighted by atomic mass is 16.5. The Kier molecular flexibility index (Phi) is 3.21. The number of aliphatic hydroxyl groups excluding tert-OH is 1. The number of nitrogens with one attached hydrogen (secondary N) is 1. The molecular formula is C7H12N2O4. The number of carbonyl (C=O) groups excluding carboxylic acids is 2. The highest BCUT2D eigenvalue weighted by Gasteiger charge is 2.26. The van der Waals surface area contributed by atoms with Gasteiger partial charge in [-0.2, -0.15) is 0 Å². The van der Waals surface area contributed by atoms with Gasteiger partial charge in [-0.3, -0.25) is 9.59 Å². The topological polar surface area (TPSA) is 102 Å². The molecule has 0 radical (unpaired) electrons. The summed E-state index contributed by atoms with van der Waals surface area (Å²) in [4.78, 5) is 21.2. The summed E-state index contributed by atoms with van der Waals surface area (Å²) in [6, 6.07) is -0.436. The van der Waals surface area contributed by atoms with Crippen LogP contribution in [0.2, 0.25) is 0 Å². The molecule has 0 aromatic rings. The molecule has 1 saturated heterocycles. The van der Waals surface area contributed by atoms with Crippen molar-refractivity contribution in [3.05, 3.63) is 0 Å². The van der Waals surface area contributed by atoms with Crippen molar-refractivity contribution in [3.63, 3.8) is 0 Å². The van der Waals surface area contributed by atoms with Gasteiger partial charge in [0.2, 0.25) is 0 Å². The number of hydrogen-bond acceptors (Lipinski definition) is 4. The van der Waals surface area contributed by atoms with Crippen LogP contribution in [0.15, 0.2) is 0 Å². The van der Waals surface area contributed by atoms with Crippen LogP contribution in [0.4, 0.5) is 0 Å². The predicted octanol–water partition coefficient (Wildman–Crippen LogP) is -2.26. The lowest BCUT2D eigenvalue weighted by Gasteiger charge is -2.27. The first-order valence-electron chi connectivity index (χ1n) is 3.97. The van der Waals surface area contributed by atoms with Crippen LogP contribution in [0.25, 0.3) is 0 Å². The van der Waals surface area contributed by atoms with E-state index in [0.29, 0.717) is 13.0 Å². The average Bonchev–Trinajstić information content (AvgIpc) is 2.08. The van der Waals surface area contributed by atoms with E-state index in [1.54, 1.807) is 0 Å². The molecular weight excluding hydrogens is 176 g/mol. The molecule has 74 valence electrons. The Morgan fingerprint density at radius 1 is 1.54 bits per heavy atom. The maximum Gasteiger partial charge on any atom is 0.309 e. The minimum Gasteiger partial charge on any atom is -0.389 e. The van der Waals surface area contributed by atoms with E-state index in [9.17, 15) is 14.7 Å². The zero-order valence-corrected chi connectivity index (χ0v) is 7.03. The number of ether oxygens (including phenoxy) is 1. The lowest BCUT2D eigenvalue weighted by atomic mass is 10.1. The SMILES string of the molecule is NC(=O)C(=O)NC1CCOCC1O. The molecule has 0 aliphatic carbocycles. The first-order valence-corrected chi connectivity index (χ1v) is 3.97. The van der Waals surface area contributed by atoms with E-state index in [1.807, 2.05) is 0 Å². The van der Waals surface area contributed by atoms with Gasteiger partial charge >= 0.3 is 11.8 Å². The highest BCUT2D eigenvalue weighted by molar-refractivity contribution is 6.34. The van der Waals surface area contributed by atoms with Crippen LogP contribution in [0, 0.1) is 0 Å². The molecule has 1 fully saturated rings. The molecule has 4 N–H and O–H groups in total. The molecule has 1 aliphatic rings. The lowest BCUT2D eigenvalue weighted by Crippen LogP contribution is -2.51. The first kappa shape index (κ1) is 9.94. The zero-order chi connectivity index (χ0) is 9.84. The summed E-state index contributed by atoms with van der Waals surface area (Å²) < 4.78 is 4.94. The Bertz CT molecular complexity index is 219. The van der Waals surface area contributed by atoms with Gasteiger partial charge < -0.3 is 20.9 Å². The Morgan fingerprint density at radius 3 is 2.77 bits per heavy atom. The average molecular weight is 188 g/mol. The lowest BCUT2D eigenvalue weighted by molar-refractivity contribution is -0.139. The van der Waals surface area contributed by atoms with Crippen LogP contribution >= 0.6 is 0 Å². The predicted molar refractivity (Wildman–Crippen MR) is 42.6 cm³/mol. The third kappa shape index (κ3) is 2.67. The molecule has 0 spiro atoms. The summed E-state index contributed by atoms with van der Waals surface area (Å²) >= 11 is 0. The highest BCUT2D eigenvalue weighted by Crippen LogP contribution is 2.06. The summed E-state index contributed by atoms with van der Waals surface area (Å²) in [5.41, 5.74) is 4.73. The van der Waals surface area contributed by atoms with Crippen LogP contribution < -0.4 is 11.1 Å². The van der Waals surface area contributed by atoms with Gasteiger partial charge in [-0.25, -0.2) is 0 Å². The molecule has 1 aliphatic heterocycles. The van der Waals surface area contributed by atoms with Crippen molar-refractivity contribution in [3.8, 4) is 0 Å². The third-order valence-corrected chi connectivity index (χ3v) is 1.87. The Labute approximate surface area is 75.0 Å². The Balaban J connectivity index is 2.42. The van der Waals surface area contributed by atoms with Gasteiger partial charge in [-0.1, -0.05) is 0 Å². The molecule has 0 saturated carbocycles. The van der Waals surface area contributed by atoms with Crippen LogP contribution in [0.3, 0.4) is 0 Å². The molecule has 13 heavy (non-hydrogen) atoms. The van der Waals surface area contributed by atoms with Crippen molar-refractivity contribution in [2.24, 2.45) is 5.73 Å². The number of carbonyl (C=O) groups is 2. The molecule has 1 rings (SSSR count). The van der Waals surface area contributed by atoms with E-state index in [-0.39, 0.29) is 6.61 Å². The summed E-state index contributed by atoms with van der Waals surface area (Å²) in [6.07, 6.45) is -0.280. The maximum atomic E-state index is 10.8. The first-order chi connectivity index (χ1) is 6.11. The molecule has 1 heterocycles. The van der Waals surface area contributed by atoms with Crippen molar-refractivity contribution < 1.29 is 19.4 Å². The second-order valence-electron chi connectivity index (χ2n) is 2.88. The fourth-order valence-electron chi connectivity index (χ4n) is 1.13. The summed E-state index contributed by atoms with van der Waals surface area (Å²) in [5.74, 6) is -1.91. The normalized spacial score (nSPS) is 28.1. The van der Waals surface area contributed by atoms with Crippen molar-refractivity contribution >= 4 is 11.8 Å². The van der Waals surface area contributed by atoms with E-state index in [2.05, 4.69) is 5.32 Å². The minimum atomic E-state index is -1.04. The fraction of sp³-hybridized carbons (Fsp3) is 0.714. The molecule has 6 nitrogen and oxygen atoms in total. The van der Waals surface area contributed by atoms with E-state index in [1.165, 1.54) is 0 Å². The van der Waals surface area contributed by atoms with Crippen molar-refractivity contribution in [2.45, 2.75) is 18.6 Å². The molecule has 0 aromatic carbocycles. The third-order valence-electron chi connectivity index (χ3n) is 1.87. The van der Waals surface area contributed by atoms with Gasteiger partial charge in [-0.05, 0) is 6.42 Å². The standard InChI is InChI=1S/C7H12N2O4/c8-6(11)7(12)9-4-1-2-13-3-5(4)10/h4-5,10H,1-3H2,(H2,8,11)(H,9,12). The number of rotatable bonds is 1. The van der Waals surface area contributed by atoms with E-state index < -0.39 is 24.0 Å². The maximum absolute atomic E-state index is 10.8. The largest absolute Gasteiger partial charge is 0.389 e. The fourth-order valence-corrected chi connectivity index (χ4v) is 1.13. The molecule has 2 atom stereocenters. The Hall–Kier alpha value is -1.14. The Morgan fingerprint density at radius 2 is 2.23 bits per heavy atom. The van der Waals surface area contributed by atoms with Gasteiger partial charge in [0.25, 0.3) is 0 Å². The quantitative estimate of drug-likeness (QED) is 0.404. The molecule has 6 heteroatoms. The summed E-state index contributed by atoms with van der Waals surface area (Å²) in [5, 5.41) is 11.6. The number of primary amides is 1. The van der Waals surface area contributed by atoms with Crippen molar-refractivity contribution in [1.82, 2.24) is 5.32 Å². The van der Waals surface area contributed by atoms with E-state index in [0.717, 1.165) is 0 Å². The second kappa shape index (κ2) is 4.20. The molecule has 0 bridgehead atoms. The van der Waals surface area contributed by atoms with Gasteiger partial charge in [0.15, 0.2) is 0 Å². The number of nitrogens with two attached hydrogens (primary N) is 1. The summed E-state index contributed by atoms with van der Waals surface area (Å²) in [6.45, 7) is 0.629. The van der Waals surface area contributed by atoms with E-state index >= 15 is 0 Å². The van der Waals surface area contributed by atoms with Gasteiger partial charge in [0, 0.05) is 6.61 Å². The van der Waals surface area contributed by atoms with Crippen molar-refractivity contribution in [2.75, 3.05) is 13.2 Å². The smallest absolute Gasteiger partial charge is 0.309 e. The second-order valence-corrected chi connectivity index (χ2v) is 2.88. The van der Waals surface area contributed by atoms with Crippen LogP contribution in [0.1, 0.15) is 6.42 Å². The molecule has 2 unspecified atom stereocenters. The number of hydrogen-bond donors (Lipinski definition) is 3. The zero-order valence-electron chi connectivity index (χ0n) is 7.03. The molecule has 2 amide bonds. The minimum absolute atomic E-state index is 0.170. The number of amides is 2. The van der Waals surface area contributed by atoms with Gasteiger partial charge in [-0.15, -0.1) is 0 Å². The van der Waals surface area contributed by atoms with Gasteiger partial charge in [0.05, 0.1) is 18.8 Å². The monoisotopic (exact) mass is 188 g/mol. The molecule has 0 aromatic heterocycles. The van der Waals surface area contributed by atoms with Crippen LogP contribution in [0.5, 0.6) is 0 Å². The van der Waals surface area contributed by atoms with Gasteiger partial charge in [0.1, 0.15) is 0 Å².